The molecule has 0 atom stereocenters. The molecule has 0 spiro atoms. The SMILES string of the molecule is COc1cc(-c2ccc(F)cc2)ccc1C#N. The predicted molar refractivity (Wildman–Crippen MR) is 63.1 cm³/mol. The molecule has 3 heteroatoms. The lowest BCUT2D eigenvalue weighted by atomic mass is 10.0. The van der Waals surface area contributed by atoms with Crippen molar-refractivity contribution in [1.29, 1.82) is 5.26 Å². The molecule has 0 aromatic heterocycles. The maximum absolute atomic E-state index is 12.8. The quantitative estimate of drug-likeness (QED) is 0.788. The summed E-state index contributed by atoms with van der Waals surface area (Å²) in [6, 6.07) is 13.5. The lowest BCUT2D eigenvalue weighted by molar-refractivity contribution is 0.413. The summed E-state index contributed by atoms with van der Waals surface area (Å²) in [5.74, 6) is 0.253. The Kier molecular flexibility index (Phi) is 3.06. The first-order valence-corrected chi connectivity index (χ1v) is 5.08. The molecule has 17 heavy (non-hydrogen) atoms. The van der Waals surface area contributed by atoms with Crippen molar-refractivity contribution in [3.05, 3.63) is 53.8 Å². The first kappa shape index (κ1) is 11.2. The van der Waals surface area contributed by atoms with Gasteiger partial charge in [0, 0.05) is 0 Å². The second kappa shape index (κ2) is 4.67. The lowest BCUT2D eigenvalue weighted by Crippen LogP contribution is -1.89. The van der Waals surface area contributed by atoms with E-state index in [4.69, 9.17) is 10.00 Å². The van der Waals surface area contributed by atoms with Crippen molar-refractivity contribution in [3.63, 3.8) is 0 Å². The summed E-state index contributed by atoms with van der Waals surface area (Å²) in [6.07, 6.45) is 0. The summed E-state index contributed by atoms with van der Waals surface area (Å²) in [5, 5.41) is 8.87. The second-order valence-electron chi connectivity index (χ2n) is 3.53. The molecule has 0 heterocycles. The molecule has 0 aliphatic rings. The molecule has 2 aromatic carbocycles. The van der Waals surface area contributed by atoms with Crippen LogP contribution in [0, 0.1) is 17.1 Å². The number of ether oxygens (including phenoxy) is 1. The van der Waals surface area contributed by atoms with Gasteiger partial charge < -0.3 is 4.74 Å². The third-order valence-electron chi connectivity index (χ3n) is 2.50. The highest BCUT2D eigenvalue weighted by Gasteiger charge is 2.05. The number of nitriles is 1. The third-order valence-corrected chi connectivity index (χ3v) is 2.50. The molecule has 0 unspecified atom stereocenters. The van der Waals surface area contributed by atoms with E-state index in [1.165, 1.54) is 19.2 Å². The Morgan fingerprint density at radius 3 is 2.29 bits per heavy atom. The summed E-state index contributed by atoms with van der Waals surface area (Å²) in [7, 11) is 1.52. The molecule has 84 valence electrons. The van der Waals surface area contributed by atoms with Crippen LogP contribution in [-0.2, 0) is 0 Å². The van der Waals surface area contributed by atoms with Crippen LogP contribution in [0.1, 0.15) is 5.56 Å². The topological polar surface area (TPSA) is 33.0 Å². The van der Waals surface area contributed by atoms with Gasteiger partial charge in [-0.15, -0.1) is 0 Å². The van der Waals surface area contributed by atoms with E-state index >= 15 is 0 Å². The van der Waals surface area contributed by atoms with Gasteiger partial charge in [-0.1, -0.05) is 18.2 Å². The van der Waals surface area contributed by atoms with Crippen LogP contribution >= 0.6 is 0 Å². The minimum atomic E-state index is -0.269. The normalized spacial score (nSPS) is 9.71. The van der Waals surface area contributed by atoms with Gasteiger partial charge in [-0.25, -0.2) is 4.39 Å². The predicted octanol–water partition coefficient (Wildman–Crippen LogP) is 3.37. The van der Waals surface area contributed by atoms with E-state index in [0.29, 0.717) is 11.3 Å². The number of nitrogens with zero attached hydrogens (tertiary/aromatic N) is 1. The van der Waals surface area contributed by atoms with E-state index < -0.39 is 0 Å². The van der Waals surface area contributed by atoms with E-state index in [0.717, 1.165) is 11.1 Å². The molecule has 0 aliphatic carbocycles. The second-order valence-corrected chi connectivity index (χ2v) is 3.53. The maximum atomic E-state index is 12.8. The van der Waals surface area contributed by atoms with Crippen molar-refractivity contribution in [3.8, 4) is 22.9 Å². The van der Waals surface area contributed by atoms with Gasteiger partial charge in [0.15, 0.2) is 0 Å². The van der Waals surface area contributed by atoms with Crippen LogP contribution in [0.15, 0.2) is 42.5 Å². The van der Waals surface area contributed by atoms with Gasteiger partial charge in [-0.3, -0.25) is 0 Å². The summed E-state index contributed by atoms with van der Waals surface area (Å²) in [6.45, 7) is 0. The zero-order valence-corrected chi connectivity index (χ0v) is 9.27. The van der Waals surface area contributed by atoms with Gasteiger partial charge in [0.1, 0.15) is 17.6 Å². The summed E-state index contributed by atoms with van der Waals surface area (Å²) in [5.41, 5.74) is 2.26. The number of hydrogen-bond acceptors (Lipinski definition) is 2. The summed E-state index contributed by atoms with van der Waals surface area (Å²) in [4.78, 5) is 0. The number of benzene rings is 2. The average molecular weight is 227 g/mol. The largest absolute Gasteiger partial charge is 0.495 e. The number of methoxy groups -OCH3 is 1. The molecule has 0 bridgehead atoms. The zero-order valence-electron chi connectivity index (χ0n) is 9.27. The fourth-order valence-electron chi connectivity index (χ4n) is 1.61. The van der Waals surface area contributed by atoms with Gasteiger partial charge in [0.2, 0.25) is 0 Å². The Morgan fingerprint density at radius 1 is 1.06 bits per heavy atom. The molecule has 0 amide bonds. The number of hydrogen-bond donors (Lipinski definition) is 0. The summed E-state index contributed by atoms with van der Waals surface area (Å²) >= 11 is 0. The highest BCUT2D eigenvalue weighted by atomic mass is 19.1. The van der Waals surface area contributed by atoms with Crippen molar-refractivity contribution < 1.29 is 9.13 Å². The standard InChI is InChI=1S/C14H10FNO/c1-17-14-8-11(2-3-12(14)9-16)10-4-6-13(15)7-5-10/h2-8H,1H3. The summed E-state index contributed by atoms with van der Waals surface area (Å²) < 4.78 is 17.9. The van der Waals surface area contributed by atoms with Gasteiger partial charge >= 0.3 is 0 Å². The molecule has 2 aromatic rings. The van der Waals surface area contributed by atoms with Crippen LogP contribution in [0.4, 0.5) is 4.39 Å². The van der Waals surface area contributed by atoms with Crippen molar-refractivity contribution >= 4 is 0 Å². The van der Waals surface area contributed by atoms with Crippen LogP contribution in [0.3, 0.4) is 0 Å². The van der Waals surface area contributed by atoms with Gasteiger partial charge in [0.25, 0.3) is 0 Å². The molecule has 0 N–H and O–H groups in total. The lowest BCUT2D eigenvalue weighted by Gasteiger charge is -2.06. The monoisotopic (exact) mass is 227 g/mol. The van der Waals surface area contributed by atoms with Crippen LogP contribution in [-0.4, -0.2) is 7.11 Å². The minimum absolute atomic E-state index is 0.269. The fourth-order valence-corrected chi connectivity index (χ4v) is 1.61. The van der Waals surface area contributed by atoms with E-state index in [2.05, 4.69) is 0 Å². The average Bonchev–Trinajstić information content (AvgIpc) is 2.39. The first-order valence-electron chi connectivity index (χ1n) is 5.08. The van der Waals surface area contributed by atoms with Gasteiger partial charge in [0.05, 0.1) is 12.7 Å². The van der Waals surface area contributed by atoms with Crippen molar-refractivity contribution in [2.45, 2.75) is 0 Å². The van der Waals surface area contributed by atoms with Crippen molar-refractivity contribution in [1.82, 2.24) is 0 Å². The Morgan fingerprint density at radius 2 is 1.71 bits per heavy atom. The molecule has 0 saturated heterocycles. The van der Waals surface area contributed by atoms with E-state index in [-0.39, 0.29) is 5.82 Å². The minimum Gasteiger partial charge on any atom is -0.495 e. The smallest absolute Gasteiger partial charge is 0.137 e. The zero-order chi connectivity index (χ0) is 12.3. The van der Waals surface area contributed by atoms with Crippen LogP contribution < -0.4 is 4.74 Å². The van der Waals surface area contributed by atoms with Crippen LogP contribution in [0.5, 0.6) is 5.75 Å². The Balaban J connectivity index is 2.47. The molecule has 0 radical (unpaired) electrons. The van der Waals surface area contributed by atoms with E-state index in [9.17, 15) is 4.39 Å². The molecule has 0 fully saturated rings. The molecule has 0 aliphatic heterocycles. The maximum Gasteiger partial charge on any atom is 0.137 e. The Bertz CT molecular complexity index is 570. The van der Waals surface area contributed by atoms with Crippen molar-refractivity contribution in [2.75, 3.05) is 7.11 Å². The molecule has 0 saturated carbocycles. The number of halogens is 1. The van der Waals surface area contributed by atoms with Crippen LogP contribution in [0.25, 0.3) is 11.1 Å². The van der Waals surface area contributed by atoms with Gasteiger partial charge in [-0.2, -0.15) is 5.26 Å². The molecule has 2 nitrogen and oxygen atoms in total. The Labute approximate surface area is 98.9 Å². The molecule has 2 rings (SSSR count). The Hall–Kier alpha value is -2.34. The fraction of sp³-hybridized carbons (Fsp3) is 0.0714. The van der Waals surface area contributed by atoms with Crippen LogP contribution in [0.2, 0.25) is 0 Å². The van der Waals surface area contributed by atoms with E-state index in [1.54, 1.807) is 24.3 Å². The molecular formula is C14H10FNO. The first-order chi connectivity index (χ1) is 8.24. The highest BCUT2D eigenvalue weighted by Crippen LogP contribution is 2.26. The molecular weight excluding hydrogens is 217 g/mol. The van der Waals surface area contributed by atoms with Gasteiger partial charge in [-0.05, 0) is 35.4 Å². The van der Waals surface area contributed by atoms with E-state index in [1.807, 2.05) is 12.1 Å². The highest BCUT2D eigenvalue weighted by molar-refractivity contribution is 5.67. The third kappa shape index (κ3) is 2.26. The number of rotatable bonds is 2. The van der Waals surface area contributed by atoms with Crippen molar-refractivity contribution in [2.24, 2.45) is 0 Å².